The number of aliphatic hydroxyl groups excluding tert-OH is 1. The van der Waals surface area contributed by atoms with Gasteiger partial charge in [-0.25, -0.2) is 4.98 Å². The van der Waals surface area contributed by atoms with Gasteiger partial charge in [-0.3, -0.25) is 9.69 Å². The average molecular weight is 432 g/mol. The number of benzene rings is 2. The van der Waals surface area contributed by atoms with E-state index in [2.05, 4.69) is 20.5 Å². The van der Waals surface area contributed by atoms with Gasteiger partial charge in [0.15, 0.2) is 0 Å². The lowest BCUT2D eigenvalue weighted by Gasteiger charge is -2.31. The van der Waals surface area contributed by atoms with E-state index >= 15 is 0 Å². The molecule has 1 atom stereocenters. The van der Waals surface area contributed by atoms with Gasteiger partial charge in [0.05, 0.1) is 6.54 Å². The van der Waals surface area contributed by atoms with E-state index in [1.807, 2.05) is 60.7 Å². The number of piperidine rings is 1. The number of likely N-dealkylation sites (tertiary alicyclic amines) is 1. The van der Waals surface area contributed by atoms with Crippen molar-refractivity contribution >= 4 is 28.8 Å². The van der Waals surface area contributed by atoms with Gasteiger partial charge in [-0.1, -0.05) is 18.2 Å². The van der Waals surface area contributed by atoms with E-state index in [0.717, 1.165) is 54.3 Å². The molecule has 1 saturated heterocycles. The van der Waals surface area contributed by atoms with Crippen LogP contribution in [0.25, 0.3) is 11.1 Å². The molecule has 1 aliphatic heterocycles. The number of anilines is 4. The van der Waals surface area contributed by atoms with Crippen molar-refractivity contribution in [2.24, 2.45) is 5.92 Å². The Kier molecular flexibility index (Phi) is 6.99. The zero-order valence-corrected chi connectivity index (χ0v) is 18.0. The summed E-state index contributed by atoms with van der Waals surface area (Å²) < 4.78 is 0. The fourth-order valence-corrected chi connectivity index (χ4v) is 4.04. The molecule has 166 valence electrons. The summed E-state index contributed by atoms with van der Waals surface area (Å²) in [6.07, 6.45) is 3.81. The maximum absolute atomic E-state index is 12.4. The lowest BCUT2D eigenvalue weighted by molar-refractivity contribution is -0.117. The second-order valence-corrected chi connectivity index (χ2v) is 8.23. The molecule has 0 spiro atoms. The first-order chi connectivity index (χ1) is 15.6. The van der Waals surface area contributed by atoms with E-state index in [4.69, 9.17) is 5.73 Å². The maximum Gasteiger partial charge on any atom is 0.238 e. The van der Waals surface area contributed by atoms with Gasteiger partial charge < -0.3 is 21.5 Å². The first-order valence-corrected chi connectivity index (χ1v) is 10.9. The summed E-state index contributed by atoms with van der Waals surface area (Å²) in [5.74, 6) is 0.969. The summed E-state index contributed by atoms with van der Waals surface area (Å²) in [6, 6.07) is 19.2. The summed E-state index contributed by atoms with van der Waals surface area (Å²) in [6.45, 7) is 2.21. The van der Waals surface area contributed by atoms with Crippen LogP contribution < -0.4 is 16.4 Å². The lowest BCUT2D eigenvalue weighted by atomic mass is 9.99. The Morgan fingerprint density at radius 1 is 1.09 bits per heavy atom. The minimum absolute atomic E-state index is 0.0335. The van der Waals surface area contributed by atoms with Crippen molar-refractivity contribution < 1.29 is 9.90 Å². The number of carbonyl (C=O) groups excluding carboxylic acids is 1. The third-order valence-electron chi connectivity index (χ3n) is 5.65. The Morgan fingerprint density at radius 3 is 2.72 bits per heavy atom. The van der Waals surface area contributed by atoms with Gasteiger partial charge in [0.25, 0.3) is 0 Å². The Balaban J connectivity index is 1.36. The fourth-order valence-electron chi connectivity index (χ4n) is 4.04. The van der Waals surface area contributed by atoms with Gasteiger partial charge >= 0.3 is 0 Å². The van der Waals surface area contributed by atoms with Crippen molar-refractivity contribution in [2.45, 2.75) is 12.8 Å². The fraction of sp³-hybridized carbons (Fsp3) is 0.280. The van der Waals surface area contributed by atoms with Crippen LogP contribution in [0.2, 0.25) is 0 Å². The topological polar surface area (TPSA) is 104 Å². The predicted octanol–water partition coefficient (Wildman–Crippen LogP) is 3.72. The van der Waals surface area contributed by atoms with Crippen LogP contribution in [0.1, 0.15) is 12.8 Å². The van der Waals surface area contributed by atoms with E-state index in [0.29, 0.717) is 12.2 Å². The molecule has 7 heteroatoms. The number of hydrogen-bond acceptors (Lipinski definition) is 6. The Labute approximate surface area is 188 Å². The molecule has 0 aliphatic carbocycles. The van der Waals surface area contributed by atoms with Crippen LogP contribution in [-0.2, 0) is 4.79 Å². The molecule has 7 nitrogen and oxygen atoms in total. The van der Waals surface area contributed by atoms with Crippen molar-refractivity contribution in [3.8, 4) is 11.1 Å². The third kappa shape index (κ3) is 5.84. The highest BCUT2D eigenvalue weighted by molar-refractivity contribution is 5.92. The Morgan fingerprint density at radius 2 is 1.94 bits per heavy atom. The van der Waals surface area contributed by atoms with E-state index in [1.54, 1.807) is 6.20 Å². The van der Waals surface area contributed by atoms with Crippen molar-refractivity contribution in [1.29, 1.82) is 0 Å². The molecule has 1 aromatic heterocycles. The zero-order chi connectivity index (χ0) is 22.3. The van der Waals surface area contributed by atoms with Crippen LogP contribution in [0.5, 0.6) is 0 Å². The highest BCUT2D eigenvalue weighted by Crippen LogP contribution is 2.25. The molecule has 1 aliphatic rings. The number of hydrogen-bond donors (Lipinski definition) is 4. The van der Waals surface area contributed by atoms with Crippen molar-refractivity contribution in [3.05, 3.63) is 66.9 Å². The van der Waals surface area contributed by atoms with Crippen LogP contribution in [0.4, 0.5) is 22.9 Å². The number of nitrogens with zero attached hydrogens (tertiary/aromatic N) is 2. The maximum atomic E-state index is 12.4. The molecule has 32 heavy (non-hydrogen) atoms. The van der Waals surface area contributed by atoms with Crippen molar-refractivity contribution in [2.75, 3.05) is 42.6 Å². The number of carbonyl (C=O) groups is 1. The molecule has 4 rings (SSSR count). The highest BCUT2D eigenvalue weighted by atomic mass is 16.3. The normalized spacial score (nSPS) is 16.5. The van der Waals surface area contributed by atoms with Gasteiger partial charge in [-0.05, 0) is 78.9 Å². The molecule has 3 aromatic rings. The summed E-state index contributed by atoms with van der Waals surface area (Å²) in [5, 5.41) is 15.6. The third-order valence-corrected chi connectivity index (χ3v) is 5.65. The van der Waals surface area contributed by atoms with Gasteiger partial charge in [0, 0.05) is 36.4 Å². The molecule has 1 fully saturated rings. The van der Waals surface area contributed by atoms with Gasteiger partial charge in [0.1, 0.15) is 5.82 Å². The molecule has 1 unspecified atom stereocenters. The van der Waals surface area contributed by atoms with E-state index in [9.17, 15) is 9.90 Å². The van der Waals surface area contributed by atoms with Crippen LogP contribution >= 0.6 is 0 Å². The number of pyridine rings is 1. The van der Waals surface area contributed by atoms with E-state index < -0.39 is 0 Å². The van der Waals surface area contributed by atoms with Gasteiger partial charge in [-0.2, -0.15) is 0 Å². The van der Waals surface area contributed by atoms with E-state index in [-0.39, 0.29) is 18.4 Å². The van der Waals surface area contributed by atoms with Gasteiger partial charge in [-0.15, -0.1) is 0 Å². The second kappa shape index (κ2) is 10.3. The highest BCUT2D eigenvalue weighted by Gasteiger charge is 2.20. The number of nitrogens with one attached hydrogen (secondary N) is 2. The lowest BCUT2D eigenvalue weighted by Crippen LogP contribution is -2.41. The average Bonchev–Trinajstić information content (AvgIpc) is 2.80. The van der Waals surface area contributed by atoms with E-state index in [1.165, 1.54) is 0 Å². The number of nitrogen functional groups attached to an aromatic ring is 1. The number of aliphatic hydroxyl groups is 1. The SMILES string of the molecule is Nc1cccc(Nc2cc(-c3ccc(NC(=O)CN4CCCC(CO)C4)cc3)ccn2)c1. The van der Waals surface area contributed by atoms with Crippen LogP contribution in [0.3, 0.4) is 0 Å². The molecule has 2 aromatic carbocycles. The molecule has 0 radical (unpaired) electrons. The Hall–Kier alpha value is -3.42. The summed E-state index contributed by atoms with van der Waals surface area (Å²) in [4.78, 5) is 18.9. The molecular formula is C25H29N5O2. The minimum atomic E-state index is -0.0335. The monoisotopic (exact) mass is 431 g/mol. The standard InChI is InChI=1S/C25H29N5O2/c26-21-4-1-5-23(14-21)28-24-13-20(10-11-27-24)19-6-8-22(9-7-19)29-25(32)16-30-12-2-3-18(15-30)17-31/h1,4-11,13-14,18,31H,2-3,12,15-17,26H2,(H,27,28)(H,29,32). The summed E-state index contributed by atoms with van der Waals surface area (Å²) >= 11 is 0. The largest absolute Gasteiger partial charge is 0.399 e. The summed E-state index contributed by atoms with van der Waals surface area (Å²) in [7, 11) is 0. The second-order valence-electron chi connectivity index (χ2n) is 8.23. The molecule has 5 N–H and O–H groups in total. The minimum Gasteiger partial charge on any atom is -0.399 e. The quantitative estimate of drug-likeness (QED) is 0.425. The molecule has 0 saturated carbocycles. The first-order valence-electron chi connectivity index (χ1n) is 10.9. The number of aromatic nitrogens is 1. The molecule has 0 bridgehead atoms. The molecule has 2 heterocycles. The van der Waals surface area contributed by atoms with Crippen LogP contribution in [-0.4, -0.2) is 47.1 Å². The van der Waals surface area contributed by atoms with Gasteiger partial charge in [0.2, 0.25) is 5.91 Å². The smallest absolute Gasteiger partial charge is 0.238 e. The first kappa shape index (κ1) is 21.8. The van der Waals surface area contributed by atoms with Crippen molar-refractivity contribution in [3.63, 3.8) is 0 Å². The molecular weight excluding hydrogens is 402 g/mol. The number of rotatable bonds is 7. The number of nitrogens with two attached hydrogens (primary N) is 1. The predicted molar refractivity (Wildman–Crippen MR) is 129 cm³/mol. The summed E-state index contributed by atoms with van der Waals surface area (Å²) in [5.41, 5.74) is 10.2. The van der Waals surface area contributed by atoms with Crippen LogP contribution in [0.15, 0.2) is 66.9 Å². The van der Waals surface area contributed by atoms with Crippen LogP contribution in [0, 0.1) is 5.92 Å². The number of amides is 1. The zero-order valence-electron chi connectivity index (χ0n) is 18.0. The van der Waals surface area contributed by atoms with Crippen molar-refractivity contribution in [1.82, 2.24) is 9.88 Å². The Bertz CT molecular complexity index is 1050. The molecule has 1 amide bonds.